The zero-order valence-corrected chi connectivity index (χ0v) is 8.71. The van der Waals surface area contributed by atoms with E-state index in [4.69, 9.17) is 5.11 Å². The average Bonchev–Trinajstić information content (AvgIpc) is 2.26. The minimum absolute atomic E-state index is 0.149. The molecule has 0 aliphatic carbocycles. The molecule has 1 aliphatic heterocycles. The molecule has 3 nitrogen and oxygen atoms in total. The fourth-order valence-corrected chi connectivity index (χ4v) is 1.87. The lowest BCUT2D eigenvalue weighted by atomic mass is 9.94. The SMILES string of the molecule is O=C(O)[C@H]1Cc2ccc(C(F)(F)F)cc2CN1. The molecule has 1 heterocycles. The Hall–Kier alpha value is -1.56. The van der Waals surface area contributed by atoms with Gasteiger partial charge in [0.2, 0.25) is 0 Å². The van der Waals surface area contributed by atoms with E-state index in [-0.39, 0.29) is 13.0 Å². The Labute approximate surface area is 95.3 Å². The van der Waals surface area contributed by atoms with E-state index in [9.17, 15) is 18.0 Å². The van der Waals surface area contributed by atoms with E-state index in [0.29, 0.717) is 11.1 Å². The van der Waals surface area contributed by atoms with Crippen LogP contribution < -0.4 is 5.32 Å². The predicted molar refractivity (Wildman–Crippen MR) is 53.4 cm³/mol. The first-order chi connectivity index (χ1) is 7.88. The molecule has 0 saturated carbocycles. The van der Waals surface area contributed by atoms with Gasteiger partial charge in [-0.15, -0.1) is 0 Å². The summed E-state index contributed by atoms with van der Waals surface area (Å²) in [7, 11) is 0. The Morgan fingerprint density at radius 1 is 1.35 bits per heavy atom. The molecule has 1 atom stereocenters. The van der Waals surface area contributed by atoms with Gasteiger partial charge in [0, 0.05) is 6.54 Å². The molecule has 1 aromatic rings. The summed E-state index contributed by atoms with van der Waals surface area (Å²) in [6.45, 7) is 0.149. The number of carbonyl (C=O) groups is 1. The number of rotatable bonds is 1. The summed E-state index contributed by atoms with van der Waals surface area (Å²) in [6.07, 6.45) is -4.15. The number of halogens is 3. The summed E-state index contributed by atoms with van der Waals surface area (Å²) in [4.78, 5) is 10.7. The first kappa shape index (κ1) is 11.9. The molecule has 17 heavy (non-hydrogen) atoms. The van der Waals surface area contributed by atoms with Crippen molar-refractivity contribution in [3.8, 4) is 0 Å². The third kappa shape index (κ3) is 2.41. The molecule has 0 fully saturated rings. The van der Waals surface area contributed by atoms with Crippen LogP contribution in [0.1, 0.15) is 16.7 Å². The maximum absolute atomic E-state index is 12.4. The minimum atomic E-state index is -4.36. The maximum atomic E-state index is 12.4. The van der Waals surface area contributed by atoms with Gasteiger partial charge >= 0.3 is 12.1 Å². The van der Waals surface area contributed by atoms with Crippen LogP contribution in [-0.2, 0) is 23.9 Å². The molecule has 0 unspecified atom stereocenters. The summed E-state index contributed by atoms with van der Waals surface area (Å²) in [5.74, 6) is -0.990. The van der Waals surface area contributed by atoms with Crippen molar-refractivity contribution in [1.82, 2.24) is 5.32 Å². The zero-order valence-electron chi connectivity index (χ0n) is 8.71. The Bertz CT molecular complexity index is 457. The van der Waals surface area contributed by atoms with Crippen LogP contribution in [0.2, 0.25) is 0 Å². The van der Waals surface area contributed by atoms with Gasteiger partial charge in [-0.25, -0.2) is 0 Å². The number of benzene rings is 1. The van der Waals surface area contributed by atoms with Gasteiger partial charge in [0.15, 0.2) is 0 Å². The van der Waals surface area contributed by atoms with Crippen molar-refractivity contribution in [2.24, 2.45) is 0 Å². The van der Waals surface area contributed by atoms with E-state index in [1.165, 1.54) is 6.07 Å². The Morgan fingerprint density at radius 3 is 2.65 bits per heavy atom. The third-order valence-electron chi connectivity index (χ3n) is 2.79. The fraction of sp³-hybridized carbons (Fsp3) is 0.364. The van der Waals surface area contributed by atoms with Crippen LogP contribution in [-0.4, -0.2) is 17.1 Å². The number of hydrogen-bond acceptors (Lipinski definition) is 2. The lowest BCUT2D eigenvalue weighted by Gasteiger charge is -2.23. The molecular weight excluding hydrogens is 235 g/mol. The predicted octanol–water partition coefficient (Wildman–Crippen LogP) is 1.80. The number of nitrogens with one attached hydrogen (secondary N) is 1. The van der Waals surface area contributed by atoms with Gasteiger partial charge in [-0.1, -0.05) is 6.07 Å². The molecule has 6 heteroatoms. The number of carboxylic acid groups (broad SMARTS) is 1. The molecule has 0 spiro atoms. The van der Waals surface area contributed by atoms with Crippen molar-refractivity contribution in [3.63, 3.8) is 0 Å². The highest BCUT2D eigenvalue weighted by molar-refractivity contribution is 5.74. The fourth-order valence-electron chi connectivity index (χ4n) is 1.87. The zero-order chi connectivity index (χ0) is 12.6. The summed E-state index contributed by atoms with van der Waals surface area (Å²) < 4.78 is 37.3. The van der Waals surface area contributed by atoms with Crippen LogP contribution in [0.15, 0.2) is 18.2 Å². The Morgan fingerprint density at radius 2 is 2.06 bits per heavy atom. The molecule has 1 aromatic carbocycles. The highest BCUT2D eigenvalue weighted by Gasteiger charge is 2.32. The monoisotopic (exact) mass is 245 g/mol. The van der Waals surface area contributed by atoms with Crippen molar-refractivity contribution in [2.45, 2.75) is 25.2 Å². The van der Waals surface area contributed by atoms with Crippen LogP contribution in [0, 0.1) is 0 Å². The molecule has 0 bridgehead atoms. The second-order valence-corrected chi connectivity index (χ2v) is 3.96. The van der Waals surface area contributed by atoms with Gasteiger partial charge < -0.3 is 10.4 Å². The maximum Gasteiger partial charge on any atom is 0.416 e. The molecule has 0 radical (unpaired) electrons. The van der Waals surface area contributed by atoms with E-state index in [1.54, 1.807) is 0 Å². The van der Waals surface area contributed by atoms with Crippen molar-refractivity contribution in [3.05, 3.63) is 34.9 Å². The van der Waals surface area contributed by atoms with E-state index in [0.717, 1.165) is 12.1 Å². The standard InChI is InChI=1S/C11H10F3NO2/c12-11(13,14)8-2-1-6-4-9(10(16)17)15-5-7(6)3-8/h1-3,9,15H,4-5H2,(H,16,17)/t9-/m1/s1. The van der Waals surface area contributed by atoms with E-state index in [1.807, 2.05) is 0 Å². The number of fused-ring (bicyclic) bond motifs is 1. The van der Waals surface area contributed by atoms with Gasteiger partial charge in [0.05, 0.1) is 5.56 Å². The van der Waals surface area contributed by atoms with Crippen molar-refractivity contribution < 1.29 is 23.1 Å². The second-order valence-electron chi connectivity index (χ2n) is 3.96. The summed E-state index contributed by atoms with van der Waals surface area (Å²) >= 11 is 0. The van der Waals surface area contributed by atoms with Crippen LogP contribution in [0.5, 0.6) is 0 Å². The minimum Gasteiger partial charge on any atom is -0.480 e. The van der Waals surface area contributed by atoms with Crippen molar-refractivity contribution in [2.75, 3.05) is 0 Å². The molecule has 2 N–H and O–H groups in total. The lowest BCUT2D eigenvalue weighted by Crippen LogP contribution is -2.41. The lowest BCUT2D eigenvalue weighted by molar-refractivity contribution is -0.140. The first-order valence-electron chi connectivity index (χ1n) is 5.03. The van der Waals surface area contributed by atoms with Gasteiger partial charge in [-0.3, -0.25) is 4.79 Å². The number of aliphatic carboxylic acids is 1. The molecule has 0 amide bonds. The molecule has 0 saturated heterocycles. The van der Waals surface area contributed by atoms with Gasteiger partial charge in [-0.05, 0) is 29.7 Å². The van der Waals surface area contributed by atoms with Gasteiger partial charge in [0.25, 0.3) is 0 Å². The van der Waals surface area contributed by atoms with Crippen LogP contribution >= 0.6 is 0 Å². The number of alkyl halides is 3. The largest absolute Gasteiger partial charge is 0.480 e. The van der Waals surface area contributed by atoms with Crippen molar-refractivity contribution in [1.29, 1.82) is 0 Å². The molecule has 92 valence electrons. The van der Waals surface area contributed by atoms with E-state index >= 15 is 0 Å². The summed E-state index contributed by atoms with van der Waals surface area (Å²) in [6, 6.07) is 2.69. The normalized spacial score (nSPS) is 19.8. The Balaban J connectivity index is 2.29. The molecular formula is C11H10F3NO2. The van der Waals surface area contributed by atoms with Crippen LogP contribution in [0.4, 0.5) is 13.2 Å². The highest BCUT2D eigenvalue weighted by atomic mass is 19.4. The topological polar surface area (TPSA) is 49.3 Å². The summed E-state index contributed by atoms with van der Waals surface area (Å²) in [5, 5.41) is 11.5. The molecule has 0 aromatic heterocycles. The van der Waals surface area contributed by atoms with Crippen molar-refractivity contribution >= 4 is 5.97 Å². The third-order valence-corrected chi connectivity index (χ3v) is 2.79. The van der Waals surface area contributed by atoms with Crippen LogP contribution in [0.25, 0.3) is 0 Å². The first-order valence-corrected chi connectivity index (χ1v) is 5.03. The quantitative estimate of drug-likeness (QED) is 0.793. The average molecular weight is 245 g/mol. The van der Waals surface area contributed by atoms with E-state index < -0.39 is 23.8 Å². The molecule has 2 rings (SSSR count). The Kier molecular flexibility index (Phi) is 2.82. The second kappa shape index (κ2) is 4.03. The smallest absolute Gasteiger partial charge is 0.416 e. The van der Waals surface area contributed by atoms with Gasteiger partial charge in [0.1, 0.15) is 6.04 Å². The van der Waals surface area contributed by atoms with E-state index in [2.05, 4.69) is 5.32 Å². The van der Waals surface area contributed by atoms with Gasteiger partial charge in [-0.2, -0.15) is 13.2 Å². The summed E-state index contributed by atoms with van der Waals surface area (Å²) in [5.41, 5.74) is 0.466. The number of carboxylic acids is 1. The van der Waals surface area contributed by atoms with Crippen LogP contribution in [0.3, 0.4) is 0 Å². The molecule has 1 aliphatic rings. The highest BCUT2D eigenvalue weighted by Crippen LogP contribution is 2.31. The number of hydrogen-bond donors (Lipinski definition) is 2.